The highest BCUT2D eigenvalue weighted by Crippen LogP contribution is 2.27. The number of nitrogens with two attached hydrogens (primary N) is 1. The average Bonchev–Trinajstić information content (AvgIpc) is 2.93. The number of nitrogens with zero attached hydrogens (tertiary/aromatic N) is 1. The molecule has 15 heteroatoms. The van der Waals surface area contributed by atoms with Gasteiger partial charge in [-0.1, -0.05) is 13.8 Å². The van der Waals surface area contributed by atoms with Crippen molar-refractivity contribution in [1.29, 1.82) is 0 Å². The maximum atomic E-state index is 11.2. The standard InChI is InChI=1S/C9H17NO3.C8H13NO3.C8H14O4.C6H13NO2/c1-6(8(12)13-5)9(3,4)10-7(2)11;1-6(7(11)12-4)8(2,3)9-5-10;1-5(6(9)12-4)8(2,3)7(10)11;1-4(5(8)9)6(2,3)7/h6H,1-5H3,(H,10,11);6H,1-4H3;5H,1-4H3,(H,10,11);4H,7H2,1-3H3,(H,8,9). The molecule has 0 saturated carbocycles. The van der Waals surface area contributed by atoms with E-state index in [1.807, 2.05) is 0 Å². The molecule has 0 aromatic carbocycles. The zero-order valence-corrected chi connectivity index (χ0v) is 30.3. The summed E-state index contributed by atoms with van der Waals surface area (Å²) in [7, 11) is 3.89. The summed E-state index contributed by atoms with van der Waals surface area (Å²) in [4.78, 5) is 78.4. The van der Waals surface area contributed by atoms with Crippen LogP contribution in [-0.2, 0) is 47.8 Å². The first-order valence-electron chi connectivity index (χ1n) is 14.3. The molecular weight excluding hydrogens is 606 g/mol. The van der Waals surface area contributed by atoms with Gasteiger partial charge in [0.15, 0.2) is 0 Å². The molecule has 1 amide bonds. The van der Waals surface area contributed by atoms with Gasteiger partial charge in [-0.25, -0.2) is 4.79 Å². The van der Waals surface area contributed by atoms with Crippen molar-refractivity contribution in [3.8, 4) is 0 Å². The monoisotopic (exact) mass is 663 g/mol. The van der Waals surface area contributed by atoms with Gasteiger partial charge in [-0.3, -0.25) is 28.8 Å². The van der Waals surface area contributed by atoms with Crippen molar-refractivity contribution < 1.29 is 58.0 Å². The van der Waals surface area contributed by atoms with E-state index >= 15 is 0 Å². The maximum Gasteiger partial charge on any atom is 0.310 e. The van der Waals surface area contributed by atoms with Crippen molar-refractivity contribution in [3.05, 3.63) is 0 Å². The third-order valence-corrected chi connectivity index (χ3v) is 7.76. The predicted molar refractivity (Wildman–Crippen MR) is 170 cm³/mol. The summed E-state index contributed by atoms with van der Waals surface area (Å²) in [5.41, 5.74) is 2.49. The lowest BCUT2D eigenvalue weighted by molar-refractivity contribution is -0.160. The first-order valence-corrected chi connectivity index (χ1v) is 14.3. The van der Waals surface area contributed by atoms with Crippen LogP contribution in [0.2, 0.25) is 0 Å². The zero-order valence-electron chi connectivity index (χ0n) is 30.3. The molecule has 0 aliphatic carbocycles. The number of methoxy groups -OCH3 is 3. The van der Waals surface area contributed by atoms with Gasteiger partial charge in [0.1, 0.15) is 0 Å². The number of carbonyl (C=O) groups is 6. The smallest absolute Gasteiger partial charge is 0.310 e. The number of aliphatic carboxylic acids is 2. The van der Waals surface area contributed by atoms with Gasteiger partial charge in [-0.2, -0.15) is 4.99 Å². The molecular formula is C31H57N3O12. The number of nitrogens with one attached hydrogen (secondary N) is 1. The molecule has 46 heavy (non-hydrogen) atoms. The van der Waals surface area contributed by atoms with Crippen molar-refractivity contribution >= 4 is 41.8 Å². The van der Waals surface area contributed by atoms with Crippen LogP contribution < -0.4 is 11.1 Å². The normalized spacial score (nSPS) is 13.7. The Bertz CT molecular complexity index is 1040. The molecule has 0 radical (unpaired) electrons. The molecule has 0 aromatic heterocycles. The van der Waals surface area contributed by atoms with E-state index in [2.05, 4.69) is 24.5 Å². The molecule has 0 aromatic rings. The minimum Gasteiger partial charge on any atom is -0.481 e. The highest BCUT2D eigenvalue weighted by molar-refractivity contribution is 5.83. The molecule has 0 spiro atoms. The van der Waals surface area contributed by atoms with Gasteiger partial charge in [-0.05, 0) is 69.2 Å². The van der Waals surface area contributed by atoms with Crippen molar-refractivity contribution in [1.82, 2.24) is 5.32 Å². The van der Waals surface area contributed by atoms with Crippen LogP contribution in [0.25, 0.3) is 0 Å². The largest absolute Gasteiger partial charge is 0.481 e. The van der Waals surface area contributed by atoms with Gasteiger partial charge in [0.05, 0.1) is 56.0 Å². The van der Waals surface area contributed by atoms with Gasteiger partial charge in [0.25, 0.3) is 0 Å². The summed E-state index contributed by atoms with van der Waals surface area (Å²) < 4.78 is 13.6. The number of ether oxygens (including phenoxy) is 3. The summed E-state index contributed by atoms with van der Waals surface area (Å²) >= 11 is 0. The molecule has 0 aliphatic rings. The number of aliphatic imine (C=N–C) groups is 1. The molecule has 268 valence electrons. The molecule has 15 nitrogen and oxygen atoms in total. The van der Waals surface area contributed by atoms with Crippen LogP contribution in [0.3, 0.4) is 0 Å². The fourth-order valence-corrected chi connectivity index (χ4v) is 2.69. The fraction of sp³-hybridized carbons (Fsp3) is 0.774. The maximum absolute atomic E-state index is 11.2. The summed E-state index contributed by atoms with van der Waals surface area (Å²) in [5.74, 6) is -5.12. The quantitative estimate of drug-likeness (QED) is 0.108. The number of esters is 3. The Balaban J connectivity index is -0.000000258. The van der Waals surface area contributed by atoms with E-state index in [1.54, 1.807) is 69.2 Å². The Hall–Kier alpha value is -3.84. The Labute approximate surface area is 273 Å². The molecule has 0 aliphatic heterocycles. The van der Waals surface area contributed by atoms with Gasteiger partial charge < -0.3 is 35.5 Å². The number of isocyanates is 1. The molecule has 0 bridgehead atoms. The van der Waals surface area contributed by atoms with E-state index < -0.39 is 57.7 Å². The van der Waals surface area contributed by atoms with E-state index in [1.165, 1.54) is 48.2 Å². The van der Waals surface area contributed by atoms with Crippen molar-refractivity contribution in [2.75, 3.05) is 21.3 Å². The number of hydrogen-bond donors (Lipinski definition) is 4. The highest BCUT2D eigenvalue weighted by Gasteiger charge is 2.39. The van der Waals surface area contributed by atoms with E-state index in [0.29, 0.717) is 0 Å². The minimum atomic E-state index is -1.08. The van der Waals surface area contributed by atoms with Crippen LogP contribution >= 0.6 is 0 Å². The van der Waals surface area contributed by atoms with Crippen molar-refractivity contribution in [2.45, 2.75) is 107 Å². The van der Waals surface area contributed by atoms with Crippen molar-refractivity contribution in [3.63, 3.8) is 0 Å². The molecule has 4 unspecified atom stereocenters. The average molecular weight is 664 g/mol. The lowest BCUT2D eigenvalue weighted by atomic mass is 9.80. The number of hydrogen-bond acceptors (Lipinski definition) is 12. The predicted octanol–water partition coefficient (Wildman–Crippen LogP) is 2.97. The van der Waals surface area contributed by atoms with Crippen LogP contribution in [0.4, 0.5) is 0 Å². The first-order chi connectivity index (χ1) is 20.5. The number of carboxylic acids is 2. The van der Waals surface area contributed by atoms with Crippen LogP contribution in [0.15, 0.2) is 4.99 Å². The minimum absolute atomic E-state index is 0.152. The van der Waals surface area contributed by atoms with Gasteiger partial charge in [0, 0.05) is 18.0 Å². The Morgan fingerprint density at radius 3 is 1.28 bits per heavy atom. The highest BCUT2D eigenvalue weighted by atomic mass is 16.5. The van der Waals surface area contributed by atoms with E-state index in [0.717, 1.165) is 0 Å². The molecule has 4 atom stereocenters. The molecule has 0 heterocycles. The van der Waals surface area contributed by atoms with Crippen LogP contribution in [0.5, 0.6) is 0 Å². The van der Waals surface area contributed by atoms with Crippen molar-refractivity contribution in [2.24, 2.45) is 39.8 Å². The third-order valence-electron chi connectivity index (χ3n) is 7.76. The van der Waals surface area contributed by atoms with E-state index in [9.17, 15) is 33.6 Å². The summed E-state index contributed by atoms with van der Waals surface area (Å²) in [6.07, 6.45) is 1.44. The zero-order chi connectivity index (χ0) is 38.0. The lowest BCUT2D eigenvalue weighted by Gasteiger charge is -2.30. The van der Waals surface area contributed by atoms with Gasteiger partial charge >= 0.3 is 29.8 Å². The number of carboxylic acid groups (broad SMARTS) is 2. The summed E-state index contributed by atoms with van der Waals surface area (Å²) in [5, 5.41) is 19.9. The molecule has 5 N–H and O–H groups in total. The summed E-state index contributed by atoms with van der Waals surface area (Å²) in [6.45, 7) is 21.3. The summed E-state index contributed by atoms with van der Waals surface area (Å²) in [6, 6.07) is 0. The fourth-order valence-electron chi connectivity index (χ4n) is 2.69. The second kappa shape index (κ2) is 21.0. The van der Waals surface area contributed by atoms with E-state index in [-0.39, 0.29) is 23.8 Å². The van der Waals surface area contributed by atoms with Crippen LogP contribution in [0.1, 0.15) is 90.0 Å². The van der Waals surface area contributed by atoms with Crippen LogP contribution in [-0.4, -0.2) is 90.0 Å². The Morgan fingerprint density at radius 1 is 0.696 bits per heavy atom. The Kier molecular flexibility index (Phi) is 22.4. The topological polar surface area (TPSA) is 238 Å². The molecule has 0 saturated heterocycles. The van der Waals surface area contributed by atoms with E-state index in [4.69, 9.17) is 15.9 Å². The number of amides is 1. The molecule has 0 rings (SSSR count). The van der Waals surface area contributed by atoms with Crippen LogP contribution in [0, 0.1) is 29.1 Å². The Morgan fingerprint density at radius 2 is 1.04 bits per heavy atom. The third kappa shape index (κ3) is 18.8. The number of rotatable bonds is 11. The van der Waals surface area contributed by atoms with Gasteiger partial charge in [-0.15, -0.1) is 0 Å². The van der Waals surface area contributed by atoms with Gasteiger partial charge in [0.2, 0.25) is 12.0 Å². The second-order valence-electron chi connectivity index (χ2n) is 12.9. The first kappa shape index (κ1) is 49.0. The second-order valence-corrected chi connectivity index (χ2v) is 12.9. The SMILES string of the molecule is CC(C(=O)O)C(C)(C)N.COC(=O)C(C)C(C)(C)C(=O)O.COC(=O)C(C)C(C)(C)N=C=O.COC(=O)C(C)C(C)(C)NC(C)=O. The number of carbonyl (C=O) groups excluding carboxylic acids is 5. The molecule has 0 fully saturated rings. The lowest BCUT2D eigenvalue weighted by Crippen LogP contribution is -2.50.